The highest BCUT2D eigenvalue weighted by Gasteiger charge is 2.44. The number of nitrogens with zero attached hydrogens (tertiary/aromatic N) is 3. The van der Waals surface area contributed by atoms with Crippen molar-refractivity contribution in [1.29, 1.82) is 0 Å². The number of amides is 1. The summed E-state index contributed by atoms with van der Waals surface area (Å²) in [4.78, 5) is 26.0. The van der Waals surface area contributed by atoms with Crippen molar-refractivity contribution in [2.45, 2.75) is 12.8 Å². The Morgan fingerprint density at radius 2 is 2.04 bits per heavy atom. The van der Waals surface area contributed by atoms with Crippen LogP contribution in [0.2, 0.25) is 0 Å². The summed E-state index contributed by atoms with van der Waals surface area (Å²) in [6, 6.07) is 7.32. The van der Waals surface area contributed by atoms with Crippen LogP contribution in [0.3, 0.4) is 0 Å². The van der Waals surface area contributed by atoms with Crippen LogP contribution in [0.4, 0.5) is 4.39 Å². The van der Waals surface area contributed by atoms with Crippen LogP contribution in [-0.4, -0.2) is 58.5 Å². The van der Waals surface area contributed by atoms with E-state index >= 15 is 0 Å². The van der Waals surface area contributed by atoms with Crippen LogP contribution in [0.25, 0.3) is 5.69 Å². The average Bonchev–Trinajstić information content (AvgIpc) is 3.12. The second-order valence-corrected chi connectivity index (χ2v) is 6.47. The van der Waals surface area contributed by atoms with Crippen molar-refractivity contribution in [3.63, 3.8) is 0 Å². The zero-order valence-electron chi connectivity index (χ0n) is 14.4. The molecular formula is C18H20FN3O4. The Balaban J connectivity index is 1.79. The molecule has 1 aliphatic rings. The number of halogens is 1. The van der Waals surface area contributed by atoms with Crippen molar-refractivity contribution >= 4 is 11.9 Å². The predicted molar refractivity (Wildman–Crippen MR) is 90.6 cm³/mol. The highest BCUT2D eigenvalue weighted by atomic mass is 19.1. The quantitative estimate of drug-likeness (QED) is 0.880. The van der Waals surface area contributed by atoms with Crippen LogP contribution >= 0.6 is 0 Å². The molecule has 0 aliphatic carbocycles. The lowest BCUT2D eigenvalue weighted by atomic mass is 9.80. The molecule has 1 amide bonds. The number of likely N-dealkylation sites (tertiary alicyclic amines) is 1. The number of carbonyl (C=O) groups is 2. The molecule has 1 unspecified atom stereocenters. The van der Waals surface area contributed by atoms with Gasteiger partial charge in [0.25, 0.3) is 5.91 Å². The van der Waals surface area contributed by atoms with Gasteiger partial charge in [-0.05, 0) is 43.2 Å². The number of benzene rings is 1. The van der Waals surface area contributed by atoms with E-state index in [2.05, 4.69) is 5.10 Å². The van der Waals surface area contributed by atoms with E-state index in [4.69, 9.17) is 4.74 Å². The molecule has 2 aromatic rings. The smallest absolute Gasteiger partial charge is 0.313 e. The number of ether oxygens (including phenoxy) is 1. The van der Waals surface area contributed by atoms with E-state index in [9.17, 15) is 19.1 Å². The maximum atomic E-state index is 13.0. The van der Waals surface area contributed by atoms with Crippen molar-refractivity contribution in [2.75, 3.05) is 26.8 Å². The van der Waals surface area contributed by atoms with E-state index < -0.39 is 11.4 Å². The van der Waals surface area contributed by atoms with E-state index in [1.165, 1.54) is 28.8 Å². The van der Waals surface area contributed by atoms with Crippen molar-refractivity contribution < 1.29 is 23.8 Å². The zero-order valence-corrected chi connectivity index (χ0v) is 14.4. The Kier molecular flexibility index (Phi) is 5.03. The normalized spacial score (nSPS) is 20.2. The van der Waals surface area contributed by atoms with E-state index in [-0.39, 0.29) is 30.6 Å². The first kappa shape index (κ1) is 18.1. The minimum atomic E-state index is -1.10. The molecule has 1 aromatic heterocycles. The second-order valence-electron chi connectivity index (χ2n) is 6.47. The lowest BCUT2D eigenvalue weighted by molar-refractivity contribution is -0.155. The summed E-state index contributed by atoms with van der Waals surface area (Å²) in [6.07, 6.45) is 2.66. The third-order valence-electron chi connectivity index (χ3n) is 4.64. The molecule has 1 aromatic carbocycles. The fourth-order valence-corrected chi connectivity index (χ4v) is 3.27. The van der Waals surface area contributed by atoms with Crippen LogP contribution in [0.1, 0.15) is 23.3 Å². The number of carboxylic acid groups (broad SMARTS) is 1. The van der Waals surface area contributed by atoms with Crippen LogP contribution in [0, 0.1) is 11.2 Å². The van der Waals surface area contributed by atoms with Gasteiger partial charge in [-0.1, -0.05) is 0 Å². The molecule has 1 saturated heterocycles. The van der Waals surface area contributed by atoms with Crippen LogP contribution in [0.15, 0.2) is 36.5 Å². The lowest BCUT2D eigenvalue weighted by Gasteiger charge is -2.39. The second kappa shape index (κ2) is 7.25. The van der Waals surface area contributed by atoms with E-state index in [0.29, 0.717) is 25.1 Å². The maximum Gasteiger partial charge on any atom is 0.313 e. The summed E-state index contributed by atoms with van der Waals surface area (Å²) < 4.78 is 19.6. The van der Waals surface area contributed by atoms with Crippen molar-refractivity contribution in [2.24, 2.45) is 5.41 Å². The van der Waals surface area contributed by atoms with E-state index in [0.717, 1.165) is 0 Å². The Bertz CT molecular complexity index is 801. The monoisotopic (exact) mass is 361 g/mol. The first-order valence-electron chi connectivity index (χ1n) is 8.28. The van der Waals surface area contributed by atoms with Gasteiger partial charge in [-0.2, -0.15) is 5.10 Å². The van der Waals surface area contributed by atoms with Crippen LogP contribution in [-0.2, 0) is 9.53 Å². The van der Waals surface area contributed by atoms with Crippen molar-refractivity contribution in [3.8, 4) is 5.69 Å². The Morgan fingerprint density at radius 1 is 1.31 bits per heavy atom. The van der Waals surface area contributed by atoms with Crippen LogP contribution in [0.5, 0.6) is 0 Å². The molecule has 0 spiro atoms. The summed E-state index contributed by atoms with van der Waals surface area (Å²) in [5.41, 5.74) is -0.251. The zero-order chi connectivity index (χ0) is 18.7. The lowest BCUT2D eigenvalue weighted by Crippen LogP contribution is -2.52. The van der Waals surface area contributed by atoms with Gasteiger partial charge in [0.05, 0.1) is 12.3 Å². The highest BCUT2D eigenvalue weighted by Crippen LogP contribution is 2.31. The summed E-state index contributed by atoms with van der Waals surface area (Å²) in [6.45, 7) is 0.607. The maximum absolute atomic E-state index is 13.0. The largest absolute Gasteiger partial charge is 0.481 e. The standard InChI is InChI=1S/C18H20FN3O4/c1-26-12-18(17(24)25)8-2-9-21(11-18)16(23)15-7-10-22(20-15)14-5-3-13(19)4-6-14/h3-7,10H,2,8-9,11-12H2,1H3,(H,24,25). The summed E-state index contributed by atoms with van der Waals surface area (Å²) in [7, 11) is 1.45. The minimum Gasteiger partial charge on any atom is -0.481 e. The molecule has 3 rings (SSSR count). The molecule has 0 saturated carbocycles. The summed E-state index contributed by atoms with van der Waals surface area (Å²) in [5, 5.41) is 13.8. The highest BCUT2D eigenvalue weighted by molar-refractivity contribution is 5.93. The topological polar surface area (TPSA) is 84.7 Å². The number of hydrogen-bond donors (Lipinski definition) is 1. The SMILES string of the molecule is COCC1(C(=O)O)CCCN(C(=O)c2ccn(-c3ccc(F)cc3)n2)C1. The summed E-state index contributed by atoms with van der Waals surface area (Å²) >= 11 is 0. The Morgan fingerprint density at radius 3 is 2.69 bits per heavy atom. The first-order chi connectivity index (χ1) is 12.4. The van der Waals surface area contributed by atoms with E-state index in [1.54, 1.807) is 24.4 Å². The molecule has 26 heavy (non-hydrogen) atoms. The van der Waals surface area contributed by atoms with Gasteiger partial charge in [0.15, 0.2) is 5.69 Å². The number of rotatable bonds is 5. The number of piperidine rings is 1. The van der Waals surface area contributed by atoms with Crippen molar-refractivity contribution in [1.82, 2.24) is 14.7 Å². The number of carboxylic acids is 1. The van der Waals surface area contributed by atoms with Crippen LogP contribution < -0.4 is 0 Å². The number of carbonyl (C=O) groups excluding carboxylic acids is 1. The molecular weight excluding hydrogens is 341 g/mol. The molecule has 1 N–H and O–H groups in total. The minimum absolute atomic E-state index is 0.0517. The molecule has 138 valence electrons. The molecule has 0 radical (unpaired) electrons. The van der Waals surface area contributed by atoms with Gasteiger partial charge < -0.3 is 14.7 Å². The fourth-order valence-electron chi connectivity index (χ4n) is 3.27. The third kappa shape index (κ3) is 3.45. The number of aliphatic carboxylic acids is 1. The number of hydrogen-bond acceptors (Lipinski definition) is 4. The Labute approximate surface area is 150 Å². The van der Waals surface area contributed by atoms with Gasteiger partial charge in [0.1, 0.15) is 11.2 Å². The molecule has 1 atom stereocenters. The molecule has 0 bridgehead atoms. The van der Waals surface area contributed by atoms with Gasteiger partial charge in [-0.25, -0.2) is 9.07 Å². The molecule has 1 aliphatic heterocycles. The predicted octanol–water partition coefficient (Wildman–Crippen LogP) is 1.96. The van der Waals surface area contributed by atoms with Gasteiger partial charge >= 0.3 is 5.97 Å². The molecule has 1 fully saturated rings. The molecule has 7 nitrogen and oxygen atoms in total. The Hall–Kier alpha value is -2.74. The van der Waals surface area contributed by atoms with E-state index in [1.807, 2.05) is 0 Å². The van der Waals surface area contributed by atoms with Gasteiger partial charge in [-0.15, -0.1) is 0 Å². The average molecular weight is 361 g/mol. The first-order valence-corrected chi connectivity index (χ1v) is 8.28. The number of methoxy groups -OCH3 is 1. The third-order valence-corrected chi connectivity index (χ3v) is 4.64. The van der Waals surface area contributed by atoms with Gasteiger partial charge in [0.2, 0.25) is 0 Å². The van der Waals surface area contributed by atoms with Gasteiger partial charge in [-0.3, -0.25) is 9.59 Å². The fraction of sp³-hybridized carbons (Fsp3) is 0.389. The van der Waals surface area contributed by atoms with Gasteiger partial charge in [0, 0.05) is 26.4 Å². The number of aromatic nitrogens is 2. The molecule has 2 heterocycles. The van der Waals surface area contributed by atoms with Crippen molar-refractivity contribution in [3.05, 3.63) is 48.0 Å². The summed E-state index contributed by atoms with van der Waals surface area (Å²) in [5.74, 6) is -1.64. The molecule has 8 heteroatoms.